The number of aliphatic imine (C=N–C) groups is 1. The molecular weight excluding hydrogens is 354 g/mol. The van der Waals surface area contributed by atoms with Crippen molar-refractivity contribution in [3.8, 4) is 17.2 Å². The van der Waals surface area contributed by atoms with E-state index in [9.17, 15) is 0 Å². The molecule has 0 spiro atoms. The Bertz CT molecular complexity index is 804. The molecule has 2 rings (SSSR count). The van der Waals surface area contributed by atoms with Crippen molar-refractivity contribution in [1.29, 1.82) is 0 Å². The second-order valence-electron chi connectivity index (χ2n) is 6.85. The molecule has 0 aromatic heterocycles. The van der Waals surface area contributed by atoms with E-state index in [0.717, 1.165) is 40.4 Å². The molecule has 0 amide bonds. The number of guanidine groups is 1. The standard InChI is InChI=1S/C22H31N3O3/c1-15(2)28-20-12-16(3)6-8-18(20)14-25-22(23)24-11-10-17-7-9-19(26-4)21(13-17)27-5/h6-9,12-13,15H,10-11,14H2,1-5H3,(H3,23,24,25). The summed E-state index contributed by atoms with van der Waals surface area (Å²) in [7, 11) is 3.26. The van der Waals surface area contributed by atoms with Gasteiger partial charge in [0.25, 0.3) is 0 Å². The number of methoxy groups -OCH3 is 2. The van der Waals surface area contributed by atoms with Crippen LogP contribution in [-0.4, -0.2) is 32.8 Å². The normalized spacial score (nSPS) is 11.4. The van der Waals surface area contributed by atoms with E-state index in [4.69, 9.17) is 19.9 Å². The van der Waals surface area contributed by atoms with Crippen LogP contribution in [0.1, 0.15) is 30.5 Å². The van der Waals surface area contributed by atoms with Crippen LogP contribution in [0.4, 0.5) is 0 Å². The van der Waals surface area contributed by atoms with Gasteiger partial charge in [-0.05, 0) is 56.5 Å². The van der Waals surface area contributed by atoms with Gasteiger partial charge >= 0.3 is 0 Å². The summed E-state index contributed by atoms with van der Waals surface area (Å²) in [6.07, 6.45) is 0.907. The monoisotopic (exact) mass is 385 g/mol. The maximum absolute atomic E-state index is 6.02. The van der Waals surface area contributed by atoms with Gasteiger partial charge in [0, 0.05) is 12.1 Å². The molecule has 0 saturated carbocycles. The Kier molecular flexibility index (Phi) is 7.99. The van der Waals surface area contributed by atoms with Crippen LogP contribution in [0.5, 0.6) is 17.2 Å². The largest absolute Gasteiger partial charge is 0.493 e. The molecule has 0 aliphatic heterocycles. The third kappa shape index (κ3) is 6.37. The first-order chi connectivity index (χ1) is 13.4. The summed E-state index contributed by atoms with van der Waals surface area (Å²) in [6.45, 7) is 7.22. The van der Waals surface area contributed by atoms with E-state index < -0.39 is 0 Å². The lowest BCUT2D eigenvalue weighted by Crippen LogP contribution is -2.33. The molecule has 2 aromatic rings. The highest BCUT2D eigenvalue weighted by Gasteiger charge is 2.07. The van der Waals surface area contributed by atoms with Gasteiger partial charge in [-0.1, -0.05) is 18.2 Å². The van der Waals surface area contributed by atoms with Gasteiger partial charge in [0.1, 0.15) is 5.75 Å². The van der Waals surface area contributed by atoms with Crippen molar-refractivity contribution in [2.24, 2.45) is 10.7 Å². The number of nitrogens with two attached hydrogens (primary N) is 1. The van der Waals surface area contributed by atoms with Gasteiger partial charge in [0.2, 0.25) is 0 Å². The minimum absolute atomic E-state index is 0.112. The molecule has 3 N–H and O–H groups in total. The molecule has 6 nitrogen and oxygen atoms in total. The summed E-state index contributed by atoms with van der Waals surface area (Å²) in [6, 6.07) is 12.0. The second-order valence-corrected chi connectivity index (χ2v) is 6.85. The van der Waals surface area contributed by atoms with Crippen LogP contribution in [0.2, 0.25) is 0 Å². The van der Waals surface area contributed by atoms with Gasteiger partial charge in [-0.3, -0.25) is 0 Å². The first-order valence-electron chi connectivity index (χ1n) is 9.43. The predicted molar refractivity (Wildman–Crippen MR) is 114 cm³/mol. The maximum Gasteiger partial charge on any atom is 0.188 e. The SMILES string of the molecule is COc1ccc(CCNC(N)=NCc2ccc(C)cc2OC(C)C)cc1OC. The van der Waals surface area contributed by atoms with Crippen molar-refractivity contribution >= 4 is 5.96 Å². The zero-order chi connectivity index (χ0) is 20.5. The topological polar surface area (TPSA) is 78.1 Å². The molecule has 0 radical (unpaired) electrons. The van der Waals surface area contributed by atoms with Crippen LogP contribution >= 0.6 is 0 Å². The Morgan fingerprint density at radius 3 is 2.46 bits per heavy atom. The molecule has 152 valence electrons. The lowest BCUT2D eigenvalue weighted by molar-refractivity contribution is 0.240. The van der Waals surface area contributed by atoms with Gasteiger partial charge in [0.15, 0.2) is 17.5 Å². The summed E-state index contributed by atoms with van der Waals surface area (Å²) in [4.78, 5) is 4.44. The van der Waals surface area contributed by atoms with Crippen molar-refractivity contribution < 1.29 is 14.2 Å². The number of benzene rings is 2. The lowest BCUT2D eigenvalue weighted by atomic mass is 10.1. The molecular formula is C22H31N3O3. The first kappa shape index (κ1) is 21.4. The van der Waals surface area contributed by atoms with Crippen molar-refractivity contribution in [2.45, 2.75) is 39.8 Å². The minimum atomic E-state index is 0.112. The molecule has 0 atom stereocenters. The number of aryl methyl sites for hydroxylation is 1. The van der Waals surface area contributed by atoms with Crippen molar-refractivity contribution in [1.82, 2.24) is 5.32 Å². The van der Waals surface area contributed by atoms with Gasteiger partial charge < -0.3 is 25.3 Å². The van der Waals surface area contributed by atoms with Crippen LogP contribution in [0.25, 0.3) is 0 Å². The Balaban J connectivity index is 1.92. The van der Waals surface area contributed by atoms with E-state index in [1.54, 1.807) is 14.2 Å². The molecule has 6 heteroatoms. The Labute approximate surface area is 167 Å². The molecule has 0 aliphatic rings. The predicted octanol–water partition coefficient (Wildman–Crippen LogP) is 3.45. The number of rotatable bonds is 9. The molecule has 0 heterocycles. The summed E-state index contributed by atoms with van der Waals surface area (Å²) >= 11 is 0. The molecule has 0 saturated heterocycles. The second kappa shape index (κ2) is 10.4. The smallest absolute Gasteiger partial charge is 0.188 e. The van der Waals surface area contributed by atoms with Gasteiger partial charge in [-0.25, -0.2) is 4.99 Å². The van der Waals surface area contributed by atoms with E-state index in [2.05, 4.69) is 16.4 Å². The number of nitrogens with zero attached hydrogens (tertiary/aromatic N) is 1. The third-order valence-corrected chi connectivity index (χ3v) is 4.17. The van der Waals surface area contributed by atoms with E-state index in [1.807, 2.05) is 51.1 Å². The van der Waals surface area contributed by atoms with Crippen LogP contribution in [-0.2, 0) is 13.0 Å². The Morgan fingerprint density at radius 2 is 1.79 bits per heavy atom. The van der Waals surface area contributed by atoms with Crippen molar-refractivity contribution in [3.05, 3.63) is 53.1 Å². The fraction of sp³-hybridized carbons (Fsp3) is 0.409. The van der Waals surface area contributed by atoms with E-state index in [-0.39, 0.29) is 6.10 Å². The summed E-state index contributed by atoms with van der Waals surface area (Å²) in [5.41, 5.74) is 9.33. The zero-order valence-electron chi connectivity index (χ0n) is 17.4. The van der Waals surface area contributed by atoms with Gasteiger partial charge in [0.05, 0.1) is 26.9 Å². The highest BCUT2D eigenvalue weighted by atomic mass is 16.5. The number of hydrogen-bond donors (Lipinski definition) is 2. The average molecular weight is 386 g/mol. The lowest BCUT2D eigenvalue weighted by Gasteiger charge is -2.14. The molecule has 0 aliphatic carbocycles. The highest BCUT2D eigenvalue weighted by Crippen LogP contribution is 2.27. The summed E-state index contributed by atoms with van der Waals surface area (Å²) in [5.74, 6) is 2.71. The number of hydrogen-bond acceptors (Lipinski definition) is 4. The molecule has 2 aromatic carbocycles. The maximum atomic E-state index is 6.02. The van der Waals surface area contributed by atoms with Crippen LogP contribution in [0, 0.1) is 6.92 Å². The molecule has 0 bridgehead atoms. The summed E-state index contributed by atoms with van der Waals surface area (Å²) in [5, 5.41) is 3.15. The first-order valence-corrected chi connectivity index (χ1v) is 9.43. The number of nitrogens with one attached hydrogen (secondary N) is 1. The fourth-order valence-electron chi connectivity index (χ4n) is 2.75. The quantitative estimate of drug-likeness (QED) is 0.511. The van der Waals surface area contributed by atoms with Crippen LogP contribution in [0.15, 0.2) is 41.4 Å². The summed E-state index contributed by atoms with van der Waals surface area (Å²) < 4.78 is 16.5. The van der Waals surface area contributed by atoms with Gasteiger partial charge in [-0.15, -0.1) is 0 Å². The van der Waals surface area contributed by atoms with E-state index >= 15 is 0 Å². The zero-order valence-corrected chi connectivity index (χ0v) is 17.4. The molecule has 0 unspecified atom stereocenters. The Hall–Kier alpha value is -2.89. The highest BCUT2D eigenvalue weighted by molar-refractivity contribution is 5.77. The van der Waals surface area contributed by atoms with Crippen LogP contribution in [0.3, 0.4) is 0 Å². The van der Waals surface area contributed by atoms with Crippen molar-refractivity contribution in [2.75, 3.05) is 20.8 Å². The molecule has 0 fully saturated rings. The van der Waals surface area contributed by atoms with E-state index in [0.29, 0.717) is 19.0 Å². The van der Waals surface area contributed by atoms with E-state index in [1.165, 1.54) is 0 Å². The minimum Gasteiger partial charge on any atom is -0.493 e. The number of ether oxygens (including phenoxy) is 3. The average Bonchev–Trinajstić information content (AvgIpc) is 2.66. The fourth-order valence-corrected chi connectivity index (χ4v) is 2.75. The Morgan fingerprint density at radius 1 is 1.04 bits per heavy atom. The van der Waals surface area contributed by atoms with Crippen LogP contribution < -0.4 is 25.3 Å². The van der Waals surface area contributed by atoms with Crippen molar-refractivity contribution in [3.63, 3.8) is 0 Å². The van der Waals surface area contributed by atoms with Gasteiger partial charge in [-0.2, -0.15) is 0 Å². The third-order valence-electron chi connectivity index (χ3n) is 4.17. The molecule has 28 heavy (non-hydrogen) atoms.